The summed E-state index contributed by atoms with van der Waals surface area (Å²) in [6.07, 6.45) is 1.51. The number of carbonyl (C=O) groups excluding carboxylic acids is 2. The van der Waals surface area contributed by atoms with Crippen LogP contribution in [0.25, 0.3) is 0 Å². The molecule has 0 spiro atoms. The fourth-order valence-electron chi connectivity index (χ4n) is 2.95. The van der Waals surface area contributed by atoms with Gasteiger partial charge >= 0.3 is 6.03 Å². The molecule has 0 aromatic heterocycles. The zero-order valence-electron chi connectivity index (χ0n) is 13.7. The maximum Gasteiger partial charge on any atom is 0.322 e. The number of anilines is 2. The molecule has 0 saturated carbocycles. The molecule has 1 fully saturated rings. The smallest absolute Gasteiger partial charge is 0.322 e. The number of nitrogens with one attached hydrogen (secondary N) is 2. The normalized spacial score (nSPS) is 16.7. The van der Waals surface area contributed by atoms with Crippen molar-refractivity contribution in [3.63, 3.8) is 0 Å². The lowest BCUT2D eigenvalue weighted by atomic mass is 10.2. The molecule has 3 amide bonds. The third kappa shape index (κ3) is 3.74. The summed E-state index contributed by atoms with van der Waals surface area (Å²) >= 11 is 0. The second-order valence-electron chi connectivity index (χ2n) is 6.01. The molecule has 5 heteroatoms. The second-order valence-corrected chi connectivity index (χ2v) is 6.01. The summed E-state index contributed by atoms with van der Waals surface area (Å²) < 4.78 is 0. The highest BCUT2D eigenvalue weighted by Crippen LogP contribution is 2.21. The lowest BCUT2D eigenvalue weighted by molar-refractivity contribution is -0.119. The van der Waals surface area contributed by atoms with Crippen molar-refractivity contribution < 1.29 is 9.59 Å². The number of hydrogen-bond acceptors (Lipinski definition) is 2. The van der Waals surface area contributed by atoms with E-state index in [1.165, 1.54) is 0 Å². The highest BCUT2D eigenvalue weighted by Gasteiger charge is 2.34. The molecule has 0 radical (unpaired) electrons. The van der Waals surface area contributed by atoms with Gasteiger partial charge in [-0.05, 0) is 49.6 Å². The largest absolute Gasteiger partial charge is 0.324 e. The van der Waals surface area contributed by atoms with Gasteiger partial charge in [0.05, 0.1) is 0 Å². The third-order valence-corrected chi connectivity index (χ3v) is 4.13. The Kier molecular flexibility index (Phi) is 4.79. The average Bonchev–Trinajstić information content (AvgIpc) is 3.06. The summed E-state index contributed by atoms with van der Waals surface area (Å²) in [5.74, 6) is -0.141. The Bertz CT molecular complexity index is 730. The molecule has 3 rings (SSSR count). The van der Waals surface area contributed by atoms with E-state index in [2.05, 4.69) is 10.6 Å². The Hall–Kier alpha value is -2.82. The van der Waals surface area contributed by atoms with Gasteiger partial charge in [-0.25, -0.2) is 4.79 Å². The molecule has 0 aliphatic carbocycles. The number of para-hydroxylation sites is 1. The van der Waals surface area contributed by atoms with Gasteiger partial charge < -0.3 is 15.5 Å². The summed E-state index contributed by atoms with van der Waals surface area (Å²) in [5, 5.41) is 5.76. The average molecular weight is 323 g/mol. The van der Waals surface area contributed by atoms with Gasteiger partial charge in [-0.2, -0.15) is 0 Å². The van der Waals surface area contributed by atoms with Gasteiger partial charge in [-0.1, -0.05) is 30.3 Å². The molecule has 1 heterocycles. The first-order valence-corrected chi connectivity index (χ1v) is 8.14. The lowest BCUT2D eigenvalue weighted by Gasteiger charge is -2.24. The Morgan fingerprint density at radius 2 is 1.75 bits per heavy atom. The fraction of sp³-hybridized carbons (Fsp3) is 0.263. The molecule has 24 heavy (non-hydrogen) atoms. The summed E-state index contributed by atoms with van der Waals surface area (Å²) in [4.78, 5) is 26.6. The molecule has 1 aliphatic heterocycles. The highest BCUT2D eigenvalue weighted by molar-refractivity contribution is 5.99. The van der Waals surface area contributed by atoms with Gasteiger partial charge in [0.25, 0.3) is 0 Å². The molecule has 2 aromatic carbocycles. The molecule has 1 saturated heterocycles. The zero-order valence-corrected chi connectivity index (χ0v) is 13.7. The van der Waals surface area contributed by atoms with E-state index in [1.54, 1.807) is 4.90 Å². The Labute approximate surface area is 141 Å². The molecule has 2 N–H and O–H groups in total. The molecular weight excluding hydrogens is 302 g/mol. The van der Waals surface area contributed by atoms with Crippen LogP contribution >= 0.6 is 0 Å². The van der Waals surface area contributed by atoms with Crippen LogP contribution in [-0.2, 0) is 4.79 Å². The maximum absolute atomic E-state index is 12.5. The van der Waals surface area contributed by atoms with Crippen LogP contribution in [0.15, 0.2) is 54.6 Å². The van der Waals surface area contributed by atoms with Crippen molar-refractivity contribution in [1.29, 1.82) is 0 Å². The number of hydrogen-bond donors (Lipinski definition) is 2. The maximum atomic E-state index is 12.5. The minimum Gasteiger partial charge on any atom is -0.324 e. The van der Waals surface area contributed by atoms with Crippen molar-refractivity contribution in [3.05, 3.63) is 60.2 Å². The van der Waals surface area contributed by atoms with Crippen molar-refractivity contribution in [3.8, 4) is 0 Å². The van der Waals surface area contributed by atoms with Crippen molar-refractivity contribution >= 4 is 23.3 Å². The topological polar surface area (TPSA) is 61.4 Å². The first-order valence-electron chi connectivity index (χ1n) is 8.14. The number of benzene rings is 2. The lowest BCUT2D eigenvalue weighted by Crippen LogP contribution is -2.45. The number of urea groups is 1. The van der Waals surface area contributed by atoms with Crippen molar-refractivity contribution in [2.45, 2.75) is 25.8 Å². The van der Waals surface area contributed by atoms with E-state index in [9.17, 15) is 9.59 Å². The van der Waals surface area contributed by atoms with Crippen molar-refractivity contribution in [1.82, 2.24) is 4.90 Å². The molecule has 1 aliphatic rings. The van der Waals surface area contributed by atoms with Gasteiger partial charge in [0, 0.05) is 17.9 Å². The summed E-state index contributed by atoms with van der Waals surface area (Å²) in [6, 6.07) is 16.3. The molecule has 0 bridgehead atoms. The Balaban J connectivity index is 1.66. The van der Waals surface area contributed by atoms with Gasteiger partial charge in [0.2, 0.25) is 5.91 Å². The number of aryl methyl sites for hydroxylation is 1. The summed E-state index contributed by atoms with van der Waals surface area (Å²) in [6.45, 7) is 2.56. The van der Waals surface area contributed by atoms with E-state index in [4.69, 9.17) is 0 Å². The standard InChI is InChI=1S/C19H21N3O2/c1-14-7-5-10-16(13-14)21-19(24)22-12-6-11-17(22)18(23)20-15-8-3-2-4-9-15/h2-5,7-10,13,17H,6,11-12H2,1H3,(H,20,23)(H,21,24)/t17-/m0/s1. The summed E-state index contributed by atoms with van der Waals surface area (Å²) in [5.41, 5.74) is 2.56. The van der Waals surface area contributed by atoms with Crippen LogP contribution in [0.5, 0.6) is 0 Å². The van der Waals surface area contributed by atoms with Crippen LogP contribution < -0.4 is 10.6 Å². The highest BCUT2D eigenvalue weighted by atomic mass is 16.2. The van der Waals surface area contributed by atoms with Crippen LogP contribution in [0.1, 0.15) is 18.4 Å². The minimum atomic E-state index is -0.435. The van der Waals surface area contributed by atoms with Gasteiger partial charge in [0.1, 0.15) is 6.04 Å². The van der Waals surface area contributed by atoms with Crippen LogP contribution in [0, 0.1) is 6.92 Å². The monoisotopic (exact) mass is 323 g/mol. The van der Waals surface area contributed by atoms with Gasteiger partial charge in [0.15, 0.2) is 0 Å². The van der Waals surface area contributed by atoms with Gasteiger partial charge in [-0.15, -0.1) is 0 Å². The quantitative estimate of drug-likeness (QED) is 0.906. The van der Waals surface area contributed by atoms with Gasteiger partial charge in [-0.3, -0.25) is 4.79 Å². The van der Waals surface area contributed by atoms with Crippen LogP contribution in [-0.4, -0.2) is 29.4 Å². The summed E-state index contributed by atoms with van der Waals surface area (Å²) in [7, 11) is 0. The van der Waals surface area contributed by atoms with E-state index in [1.807, 2.05) is 61.5 Å². The number of likely N-dealkylation sites (tertiary alicyclic amines) is 1. The predicted octanol–water partition coefficient (Wildman–Crippen LogP) is 3.63. The number of amides is 3. The van der Waals surface area contributed by atoms with E-state index < -0.39 is 6.04 Å². The SMILES string of the molecule is Cc1cccc(NC(=O)N2CCC[C@H]2C(=O)Nc2ccccc2)c1. The van der Waals surface area contributed by atoms with Crippen LogP contribution in [0.3, 0.4) is 0 Å². The number of rotatable bonds is 3. The molecule has 124 valence electrons. The zero-order chi connectivity index (χ0) is 16.9. The molecular formula is C19H21N3O2. The predicted molar refractivity (Wildman–Crippen MR) is 95.0 cm³/mol. The van der Waals surface area contributed by atoms with E-state index in [-0.39, 0.29) is 11.9 Å². The van der Waals surface area contributed by atoms with E-state index >= 15 is 0 Å². The van der Waals surface area contributed by atoms with Crippen molar-refractivity contribution in [2.24, 2.45) is 0 Å². The second kappa shape index (κ2) is 7.17. The van der Waals surface area contributed by atoms with Crippen molar-refractivity contribution in [2.75, 3.05) is 17.2 Å². The van der Waals surface area contributed by atoms with Crippen LogP contribution in [0.2, 0.25) is 0 Å². The minimum absolute atomic E-state index is 0.141. The fourth-order valence-corrected chi connectivity index (χ4v) is 2.95. The third-order valence-electron chi connectivity index (χ3n) is 4.13. The molecule has 0 unspecified atom stereocenters. The van der Waals surface area contributed by atoms with E-state index in [0.29, 0.717) is 13.0 Å². The molecule has 5 nitrogen and oxygen atoms in total. The van der Waals surface area contributed by atoms with Crippen LogP contribution in [0.4, 0.5) is 16.2 Å². The molecule has 1 atom stereocenters. The first-order chi connectivity index (χ1) is 11.6. The number of carbonyl (C=O) groups is 2. The Morgan fingerprint density at radius 1 is 1.00 bits per heavy atom. The molecule has 2 aromatic rings. The van der Waals surface area contributed by atoms with E-state index in [0.717, 1.165) is 23.4 Å². The number of nitrogens with zero attached hydrogens (tertiary/aromatic N) is 1. The first kappa shape index (κ1) is 16.1. The Morgan fingerprint density at radius 3 is 2.50 bits per heavy atom.